The van der Waals surface area contributed by atoms with Gasteiger partial charge in [0, 0.05) is 5.56 Å². The van der Waals surface area contributed by atoms with Crippen LogP contribution in [0.25, 0.3) is 11.1 Å². The first-order chi connectivity index (χ1) is 13.3. The standard InChI is InChI=1S/C22H27ClFNO3S/c1-12-7-13(2)20(14(3)8-12)15-9-16(21(24)17(23)10-15)18(11-19(26)27)25-29(28)22(4,5)6/h7-10,18,25H,11H2,1-6H3,(H,26,27)/t18-,29?/m0/s1. The summed E-state index contributed by atoms with van der Waals surface area (Å²) in [5.74, 6) is -1.83. The lowest BCUT2D eigenvalue weighted by Crippen LogP contribution is -2.37. The van der Waals surface area contributed by atoms with E-state index in [2.05, 4.69) is 4.72 Å². The first kappa shape index (κ1) is 23.5. The molecular weight excluding hydrogens is 413 g/mol. The third-order valence-corrected chi connectivity index (χ3v) is 6.47. The van der Waals surface area contributed by atoms with Gasteiger partial charge in [-0.1, -0.05) is 29.3 Å². The van der Waals surface area contributed by atoms with E-state index >= 15 is 0 Å². The number of benzene rings is 2. The molecule has 0 bridgehead atoms. The Morgan fingerprint density at radius 1 is 1.17 bits per heavy atom. The molecule has 4 nitrogen and oxygen atoms in total. The fourth-order valence-electron chi connectivity index (χ4n) is 3.34. The van der Waals surface area contributed by atoms with Gasteiger partial charge >= 0.3 is 5.97 Å². The van der Waals surface area contributed by atoms with Crippen molar-refractivity contribution in [1.29, 1.82) is 0 Å². The number of nitrogens with one attached hydrogen (secondary N) is 1. The van der Waals surface area contributed by atoms with Crippen LogP contribution in [0.3, 0.4) is 0 Å². The highest BCUT2D eigenvalue weighted by atomic mass is 35.5. The number of rotatable bonds is 6. The van der Waals surface area contributed by atoms with Gasteiger partial charge in [0.15, 0.2) is 0 Å². The second-order valence-corrected chi connectivity index (χ2v) is 10.7. The van der Waals surface area contributed by atoms with Crippen molar-refractivity contribution >= 4 is 28.6 Å². The molecule has 0 radical (unpaired) electrons. The normalized spacial score (nSPS) is 13.9. The molecule has 0 spiro atoms. The third-order valence-electron chi connectivity index (χ3n) is 4.58. The molecule has 2 aromatic rings. The molecule has 0 aliphatic rings. The molecule has 1 unspecified atom stereocenters. The maximum Gasteiger partial charge on any atom is 0.305 e. The first-order valence-corrected chi connectivity index (χ1v) is 10.8. The molecule has 2 atom stereocenters. The number of hydrogen-bond donors (Lipinski definition) is 2. The lowest BCUT2D eigenvalue weighted by molar-refractivity contribution is -0.137. The van der Waals surface area contributed by atoms with Crippen molar-refractivity contribution in [2.45, 2.75) is 58.8 Å². The van der Waals surface area contributed by atoms with Crippen LogP contribution in [0.4, 0.5) is 4.39 Å². The minimum absolute atomic E-state index is 0.0897. The van der Waals surface area contributed by atoms with Crippen LogP contribution in [-0.2, 0) is 15.8 Å². The van der Waals surface area contributed by atoms with E-state index in [1.807, 2.05) is 32.9 Å². The van der Waals surface area contributed by atoms with Gasteiger partial charge in [0.25, 0.3) is 0 Å². The highest BCUT2D eigenvalue weighted by Crippen LogP contribution is 2.36. The van der Waals surface area contributed by atoms with Crippen LogP contribution in [0.2, 0.25) is 5.02 Å². The molecule has 2 aromatic carbocycles. The van der Waals surface area contributed by atoms with Gasteiger partial charge < -0.3 is 5.11 Å². The smallest absolute Gasteiger partial charge is 0.305 e. The van der Waals surface area contributed by atoms with Crippen LogP contribution in [0.1, 0.15) is 55.5 Å². The highest BCUT2D eigenvalue weighted by Gasteiger charge is 2.28. The summed E-state index contributed by atoms with van der Waals surface area (Å²) in [4.78, 5) is 11.4. The summed E-state index contributed by atoms with van der Waals surface area (Å²) in [5.41, 5.74) is 4.84. The molecule has 0 aromatic heterocycles. The van der Waals surface area contributed by atoms with Crippen LogP contribution in [0.15, 0.2) is 24.3 Å². The highest BCUT2D eigenvalue weighted by molar-refractivity contribution is 7.84. The molecule has 7 heteroatoms. The minimum atomic E-state index is -1.59. The fourth-order valence-corrected chi connectivity index (χ4v) is 4.39. The molecule has 2 N–H and O–H groups in total. The quantitative estimate of drug-likeness (QED) is 0.612. The summed E-state index contributed by atoms with van der Waals surface area (Å²) < 4.78 is 29.7. The van der Waals surface area contributed by atoms with E-state index in [9.17, 15) is 18.5 Å². The molecular formula is C22H27ClFNO3S. The zero-order chi connectivity index (χ0) is 22.1. The van der Waals surface area contributed by atoms with Gasteiger partial charge in [0.2, 0.25) is 0 Å². The monoisotopic (exact) mass is 439 g/mol. The second kappa shape index (κ2) is 8.94. The Kier molecular flexibility index (Phi) is 7.25. The Morgan fingerprint density at radius 2 is 1.72 bits per heavy atom. The van der Waals surface area contributed by atoms with Gasteiger partial charge in [-0.3, -0.25) is 4.79 Å². The Hall–Kier alpha value is -1.76. The van der Waals surface area contributed by atoms with Crippen molar-refractivity contribution in [3.8, 4) is 11.1 Å². The van der Waals surface area contributed by atoms with Crippen LogP contribution >= 0.6 is 11.6 Å². The van der Waals surface area contributed by atoms with E-state index in [1.165, 1.54) is 0 Å². The largest absolute Gasteiger partial charge is 0.481 e. The Morgan fingerprint density at radius 3 is 2.21 bits per heavy atom. The molecule has 0 aliphatic carbocycles. The first-order valence-electron chi connectivity index (χ1n) is 9.28. The third kappa shape index (κ3) is 5.65. The van der Waals surface area contributed by atoms with Gasteiger partial charge in [0.1, 0.15) is 5.82 Å². The summed E-state index contributed by atoms with van der Waals surface area (Å²) >= 11 is 6.19. The van der Waals surface area contributed by atoms with Gasteiger partial charge in [-0.2, -0.15) is 0 Å². The fraction of sp³-hybridized carbons (Fsp3) is 0.409. The van der Waals surface area contributed by atoms with E-state index in [0.29, 0.717) is 5.56 Å². The topological polar surface area (TPSA) is 66.4 Å². The molecule has 0 fully saturated rings. The van der Waals surface area contributed by atoms with E-state index in [1.54, 1.807) is 32.9 Å². The van der Waals surface area contributed by atoms with Crippen molar-refractivity contribution in [3.05, 3.63) is 57.4 Å². The summed E-state index contributed by atoms with van der Waals surface area (Å²) in [6.07, 6.45) is -0.426. The molecule has 2 rings (SSSR count). The lowest BCUT2D eigenvalue weighted by atomic mass is 9.91. The number of carboxylic acid groups (broad SMARTS) is 1. The van der Waals surface area contributed by atoms with Crippen molar-refractivity contribution < 1.29 is 18.5 Å². The molecule has 0 amide bonds. The SMILES string of the molecule is Cc1cc(C)c(-c2cc(Cl)c(F)c([C@H](CC(=O)O)NS(=O)C(C)(C)C)c2)c(C)c1. The number of hydrogen-bond acceptors (Lipinski definition) is 2. The van der Waals surface area contributed by atoms with Crippen molar-refractivity contribution in [2.75, 3.05) is 0 Å². The van der Waals surface area contributed by atoms with Crippen LogP contribution in [0, 0.1) is 26.6 Å². The molecule has 0 saturated heterocycles. The number of halogens is 2. The van der Waals surface area contributed by atoms with Gasteiger partial charge in [-0.15, -0.1) is 0 Å². The summed E-state index contributed by atoms with van der Waals surface area (Å²) in [6.45, 7) is 11.2. The number of aryl methyl sites for hydroxylation is 3. The van der Waals surface area contributed by atoms with Crippen molar-refractivity contribution in [2.24, 2.45) is 0 Å². The number of carbonyl (C=O) groups is 1. The zero-order valence-electron chi connectivity index (χ0n) is 17.5. The Labute approximate surface area is 179 Å². The lowest BCUT2D eigenvalue weighted by Gasteiger charge is -2.25. The van der Waals surface area contributed by atoms with Crippen molar-refractivity contribution in [1.82, 2.24) is 4.72 Å². The predicted octanol–water partition coefficient (Wildman–Crippen LogP) is 5.64. The summed E-state index contributed by atoms with van der Waals surface area (Å²) in [5, 5.41) is 9.23. The van der Waals surface area contributed by atoms with Crippen LogP contribution in [-0.4, -0.2) is 20.0 Å². The molecule has 0 aliphatic heterocycles. The molecule has 0 saturated carbocycles. The summed E-state index contributed by atoms with van der Waals surface area (Å²) in [6, 6.07) is 6.22. The Bertz CT molecular complexity index is 946. The molecule has 0 heterocycles. The number of carboxylic acids is 1. The number of aliphatic carboxylic acids is 1. The van der Waals surface area contributed by atoms with Crippen molar-refractivity contribution in [3.63, 3.8) is 0 Å². The predicted molar refractivity (Wildman–Crippen MR) is 117 cm³/mol. The molecule has 29 heavy (non-hydrogen) atoms. The average Bonchev–Trinajstić information content (AvgIpc) is 2.54. The van der Waals surface area contributed by atoms with E-state index in [4.69, 9.17) is 11.6 Å². The second-order valence-electron chi connectivity index (χ2n) is 8.28. The van der Waals surface area contributed by atoms with E-state index in [-0.39, 0.29) is 10.6 Å². The van der Waals surface area contributed by atoms with Gasteiger partial charge in [-0.25, -0.2) is 13.3 Å². The van der Waals surface area contributed by atoms with Crippen LogP contribution < -0.4 is 4.72 Å². The van der Waals surface area contributed by atoms with E-state index in [0.717, 1.165) is 22.3 Å². The maximum absolute atomic E-state index is 14.9. The zero-order valence-corrected chi connectivity index (χ0v) is 19.1. The van der Waals surface area contributed by atoms with Gasteiger partial charge in [-0.05, 0) is 75.9 Å². The summed E-state index contributed by atoms with van der Waals surface area (Å²) in [7, 11) is -1.59. The molecule has 158 valence electrons. The minimum Gasteiger partial charge on any atom is -0.481 e. The average molecular weight is 440 g/mol. The van der Waals surface area contributed by atoms with E-state index < -0.39 is 40.0 Å². The van der Waals surface area contributed by atoms with Crippen LogP contribution in [0.5, 0.6) is 0 Å². The Balaban J connectivity index is 2.64. The van der Waals surface area contributed by atoms with Gasteiger partial charge in [0.05, 0.1) is 33.2 Å². The maximum atomic E-state index is 14.9.